The Morgan fingerprint density at radius 3 is 3.24 bits per heavy atom. The maximum absolute atomic E-state index is 12.2. The monoisotopic (exact) mass is 251 g/mol. The summed E-state index contributed by atoms with van der Waals surface area (Å²) in [6, 6.07) is 3.83. The Hall–Kier alpha value is -0.870. The lowest BCUT2D eigenvalue weighted by molar-refractivity contribution is 0.00172. The second-order valence-corrected chi connectivity index (χ2v) is 5.95. The lowest BCUT2D eigenvalue weighted by Gasteiger charge is -2.33. The first-order valence-electron chi connectivity index (χ1n) is 6.22. The van der Waals surface area contributed by atoms with Crippen molar-refractivity contribution in [3.8, 4) is 0 Å². The number of hydrogen-bond acceptors (Lipinski definition) is 3. The van der Waals surface area contributed by atoms with Crippen molar-refractivity contribution in [2.24, 2.45) is 5.92 Å². The molecule has 0 aromatic carbocycles. The Morgan fingerprint density at radius 1 is 1.59 bits per heavy atom. The van der Waals surface area contributed by atoms with E-state index >= 15 is 0 Å². The highest BCUT2D eigenvalue weighted by atomic mass is 32.1. The minimum absolute atomic E-state index is 0.168. The van der Waals surface area contributed by atoms with Crippen molar-refractivity contribution < 1.29 is 9.53 Å². The fraction of sp³-hybridized carbons (Fsp3) is 0.615. The fourth-order valence-electron chi connectivity index (χ4n) is 2.91. The summed E-state index contributed by atoms with van der Waals surface area (Å²) in [5.41, 5.74) is 0. The zero-order valence-electron chi connectivity index (χ0n) is 9.96. The van der Waals surface area contributed by atoms with Crippen LogP contribution in [0.15, 0.2) is 17.5 Å². The number of nitrogens with zero attached hydrogens (tertiary/aromatic N) is 1. The molecule has 0 bridgehead atoms. The molecule has 0 aliphatic carbocycles. The summed E-state index contributed by atoms with van der Waals surface area (Å²) in [6.07, 6.45) is 2.88. The molecule has 4 heteroatoms. The maximum Gasteiger partial charge on any atom is 0.264 e. The number of piperidine rings is 1. The molecule has 1 amide bonds. The predicted octanol–water partition coefficient (Wildman–Crippen LogP) is 2.39. The van der Waals surface area contributed by atoms with Crippen molar-refractivity contribution in [2.45, 2.75) is 32.0 Å². The molecule has 3 heterocycles. The fourth-order valence-corrected chi connectivity index (χ4v) is 3.60. The molecule has 0 saturated carbocycles. The van der Waals surface area contributed by atoms with Crippen LogP contribution in [-0.4, -0.2) is 36.1 Å². The van der Waals surface area contributed by atoms with Crippen LogP contribution in [0.3, 0.4) is 0 Å². The van der Waals surface area contributed by atoms with Crippen molar-refractivity contribution in [1.82, 2.24) is 4.90 Å². The minimum atomic E-state index is 0.168. The molecule has 3 rings (SSSR count). The second-order valence-electron chi connectivity index (χ2n) is 5.00. The van der Waals surface area contributed by atoms with E-state index in [1.165, 1.54) is 11.3 Å². The zero-order valence-corrected chi connectivity index (χ0v) is 10.8. The molecule has 92 valence electrons. The quantitative estimate of drug-likeness (QED) is 0.767. The number of thiophene rings is 1. The summed E-state index contributed by atoms with van der Waals surface area (Å²) in [6.45, 7) is 3.78. The van der Waals surface area contributed by atoms with Gasteiger partial charge in [0.1, 0.15) is 0 Å². The van der Waals surface area contributed by atoms with E-state index in [-0.39, 0.29) is 12.0 Å². The van der Waals surface area contributed by atoms with E-state index in [0.29, 0.717) is 12.0 Å². The van der Waals surface area contributed by atoms with E-state index in [1.807, 2.05) is 22.4 Å². The Labute approximate surface area is 105 Å². The van der Waals surface area contributed by atoms with Gasteiger partial charge in [-0.3, -0.25) is 4.79 Å². The molecule has 1 aromatic rings. The third-order valence-corrected chi connectivity index (χ3v) is 4.61. The Kier molecular flexibility index (Phi) is 2.92. The SMILES string of the molecule is C[C@H]1C[C@@H]2CCN(C(=O)c3cccs3)C[C@H]2O1. The van der Waals surface area contributed by atoms with Crippen LogP contribution in [0.4, 0.5) is 0 Å². The number of carbonyl (C=O) groups is 1. The van der Waals surface area contributed by atoms with Gasteiger partial charge >= 0.3 is 0 Å². The van der Waals surface area contributed by atoms with Crippen LogP contribution in [0.2, 0.25) is 0 Å². The summed E-state index contributed by atoms with van der Waals surface area (Å²) in [7, 11) is 0. The molecule has 2 aliphatic rings. The van der Waals surface area contributed by atoms with E-state index in [0.717, 1.165) is 30.8 Å². The van der Waals surface area contributed by atoms with Gasteiger partial charge in [0.25, 0.3) is 5.91 Å². The van der Waals surface area contributed by atoms with Gasteiger partial charge in [-0.25, -0.2) is 0 Å². The molecule has 0 unspecified atom stereocenters. The lowest BCUT2D eigenvalue weighted by atomic mass is 9.92. The van der Waals surface area contributed by atoms with E-state index in [2.05, 4.69) is 6.92 Å². The van der Waals surface area contributed by atoms with Crippen LogP contribution >= 0.6 is 11.3 Å². The first-order chi connectivity index (χ1) is 8.24. The number of rotatable bonds is 1. The first-order valence-corrected chi connectivity index (χ1v) is 7.10. The highest BCUT2D eigenvalue weighted by molar-refractivity contribution is 7.12. The van der Waals surface area contributed by atoms with Crippen LogP contribution in [0.25, 0.3) is 0 Å². The maximum atomic E-state index is 12.2. The van der Waals surface area contributed by atoms with E-state index in [9.17, 15) is 4.79 Å². The summed E-state index contributed by atoms with van der Waals surface area (Å²) in [5, 5.41) is 1.95. The average Bonchev–Trinajstić information content (AvgIpc) is 2.94. The Balaban J connectivity index is 1.69. The van der Waals surface area contributed by atoms with Crippen molar-refractivity contribution in [3.63, 3.8) is 0 Å². The molecule has 2 aliphatic heterocycles. The van der Waals surface area contributed by atoms with Crippen LogP contribution in [0.5, 0.6) is 0 Å². The van der Waals surface area contributed by atoms with Gasteiger partial charge in [0.2, 0.25) is 0 Å². The Morgan fingerprint density at radius 2 is 2.47 bits per heavy atom. The number of hydrogen-bond donors (Lipinski definition) is 0. The first kappa shape index (κ1) is 11.2. The van der Waals surface area contributed by atoms with E-state index in [1.54, 1.807) is 0 Å². The van der Waals surface area contributed by atoms with Crippen LogP contribution in [-0.2, 0) is 4.74 Å². The third-order valence-electron chi connectivity index (χ3n) is 3.76. The molecule has 0 N–H and O–H groups in total. The van der Waals surface area contributed by atoms with Gasteiger partial charge in [0, 0.05) is 13.1 Å². The zero-order chi connectivity index (χ0) is 11.8. The molecular formula is C13H17NO2S. The van der Waals surface area contributed by atoms with Crippen LogP contribution in [0.1, 0.15) is 29.4 Å². The Bertz CT molecular complexity index is 404. The van der Waals surface area contributed by atoms with Gasteiger partial charge in [0.05, 0.1) is 17.1 Å². The highest BCUT2D eigenvalue weighted by Crippen LogP contribution is 2.33. The number of likely N-dealkylation sites (tertiary alicyclic amines) is 1. The van der Waals surface area contributed by atoms with Crippen molar-refractivity contribution >= 4 is 17.2 Å². The number of amides is 1. The number of ether oxygens (including phenoxy) is 1. The molecule has 3 nitrogen and oxygen atoms in total. The van der Waals surface area contributed by atoms with Crippen molar-refractivity contribution in [3.05, 3.63) is 22.4 Å². The summed E-state index contributed by atoms with van der Waals surface area (Å²) in [5.74, 6) is 0.832. The van der Waals surface area contributed by atoms with E-state index in [4.69, 9.17) is 4.74 Å². The summed E-state index contributed by atoms with van der Waals surface area (Å²) >= 11 is 1.52. The van der Waals surface area contributed by atoms with Crippen molar-refractivity contribution in [2.75, 3.05) is 13.1 Å². The molecule has 17 heavy (non-hydrogen) atoms. The molecule has 0 radical (unpaired) electrons. The van der Waals surface area contributed by atoms with Crippen molar-refractivity contribution in [1.29, 1.82) is 0 Å². The molecular weight excluding hydrogens is 234 g/mol. The van der Waals surface area contributed by atoms with Gasteiger partial charge in [-0.1, -0.05) is 6.07 Å². The molecule has 3 atom stereocenters. The summed E-state index contributed by atoms with van der Waals surface area (Å²) in [4.78, 5) is 15.0. The number of fused-ring (bicyclic) bond motifs is 1. The molecule has 2 fully saturated rings. The molecule has 0 spiro atoms. The highest BCUT2D eigenvalue weighted by Gasteiger charge is 2.38. The smallest absolute Gasteiger partial charge is 0.264 e. The van der Waals surface area contributed by atoms with E-state index < -0.39 is 0 Å². The largest absolute Gasteiger partial charge is 0.373 e. The number of carbonyl (C=O) groups excluding carboxylic acids is 1. The lowest BCUT2D eigenvalue weighted by Crippen LogP contribution is -2.45. The standard InChI is InChI=1S/C13H17NO2S/c1-9-7-10-4-5-14(8-11(10)16-9)13(15)12-3-2-6-17-12/h2-3,6,9-11H,4-5,7-8H2,1H3/t9-,10-,11+/m0/s1. The van der Waals surface area contributed by atoms with Gasteiger partial charge in [-0.2, -0.15) is 0 Å². The third kappa shape index (κ3) is 2.11. The molecule has 2 saturated heterocycles. The van der Waals surface area contributed by atoms with Gasteiger partial charge in [-0.15, -0.1) is 11.3 Å². The van der Waals surface area contributed by atoms with Gasteiger partial charge < -0.3 is 9.64 Å². The second kappa shape index (κ2) is 4.42. The summed E-state index contributed by atoms with van der Waals surface area (Å²) < 4.78 is 5.87. The van der Waals surface area contributed by atoms with Crippen LogP contribution < -0.4 is 0 Å². The average molecular weight is 251 g/mol. The van der Waals surface area contributed by atoms with Gasteiger partial charge in [0.15, 0.2) is 0 Å². The predicted molar refractivity (Wildman–Crippen MR) is 67.3 cm³/mol. The molecule has 1 aromatic heterocycles. The topological polar surface area (TPSA) is 29.5 Å². The normalized spacial score (nSPS) is 32.5. The van der Waals surface area contributed by atoms with Crippen LogP contribution in [0, 0.1) is 5.92 Å². The van der Waals surface area contributed by atoms with Gasteiger partial charge in [-0.05, 0) is 37.1 Å². The minimum Gasteiger partial charge on any atom is -0.373 e.